The van der Waals surface area contributed by atoms with Crippen LogP contribution in [0.5, 0.6) is 5.75 Å². The largest absolute Gasteiger partial charge is 0.497 e. The summed E-state index contributed by atoms with van der Waals surface area (Å²) in [6.07, 6.45) is 0.670. The van der Waals surface area contributed by atoms with Gasteiger partial charge in [0.15, 0.2) is 0 Å². The Morgan fingerprint density at radius 3 is 2.57 bits per heavy atom. The fourth-order valence-corrected chi connectivity index (χ4v) is 2.03. The molecule has 1 heterocycles. The van der Waals surface area contributed by atoms with Gasteiger partial charge in [-0.25, -0.2) is 0 Å². The number of rotatable bonds is 5. The summed E-state index contributed by atoms with van der Waals surface area (Å²) in [6, 6.07) is 6.66. The number of hydrogen-bond donors (Lipinski definition) is 3. The van der Waals surface area contributed by atoms with Crippen LogP contribution in [-0.2, 0) is 0 Å². The molecule has 1 amide bonds. The lowest BCUT2D eigenvalue weighted by molar-refractivity contribution is 0.0851. The zero-order valence-corrected chi connectivity index (χ0v) is 12.3. The van der Waals surface area contributed by atoms with Gasteiger partial charge < -0.3 is 15.2 Å². The summed E-state index contributed by atoms with van der Waals surface area (Å²) in [6.45, 7) is 3.52. The minimum Gasteiger partial charge on any atom is -0.497 e. The monoisotopic (exact) mass is 289 g/mol. The Morgan fingerprint density at radius 1 is 1.38 bits per heavy atom. The lowest BCUT2D eigenvalue weighted by Crippen LogP contribution is -2.37. The van der Waals surface area contributed by atoms with Crippen molar-refractivity contribution in [2.24, 2.45) is 0 Å². The van der Waals surface area contributed by atoms with E-state index in [0.717, 1.165) is 5.75 Å². The third-order valence-electron chi connectivity index (χ3n) is 3.36. The Morgan fingerprint density at radius 2 is 2.05 bits per heavy atom. The van der Waals surface area contributed by atoms with Crippen LogP contribution < -0.4 is 10.1 Å². The maximum atomic E-state index is 12.1. The minimum absolute atomic E-state index is 0.263. The van der Waals surface area contributed by atoms with Crippen LogP contribution in [0.1, 0.15) is 34.6 Å². The summed E-state index contributed by atoms with van der Waals surface area (Å²) in [7, 11) is 1.58. The van der Waals surface area contributed by atoms with Gasteiger partial charge in [-0.1, -0.05) is 12.1 Å². The number of aromatic amines is 1. The van der Waals surface area contributed by atoms with Gasteiger partial charge in [0, 0.05) is 5.69 Å². The molecule has 2 unspecified atom stereocenters. The molecule has 2 rings (SSSR count). The molecular weight excluding hydrogens is 270 g/mol. The van der Waals surface area contributed by atoms with Crippen LogP contribution in [0.3, 0.4) is 0 Å². The van der Waals surface area contributed by atoms with Crippen LogP contribution in [0.25, 0.3) is 0 Å². The van der Waals surface area contributed by atoms with Gasteiger partial charge in [-0.2, -0.15) is 5.10 Å². The van der Waals surface area contributed by atoms with E-state index in [9.17, 15) is 9.90 Å². The van der Waals surface area contributed by atoms with Gasteiger partial charge in [0.2, 0.25) is 0 Å². The lowest BCUT2D eigenvalue weighted by Gasteiger charge is -2.20. The fourth-order valence-electron chi connectivity index (χ4n) is 2.03. The smallest absolute Gasteiger partial charge is 0.255 e. The number of aliphatic hydroxyl groups excluding tert-OH is 1. The molecule has 3 N–H and O–H groups in total. The van der Waals surface area contributed by atoms with Crippen LogP contribution in [0.15, 0.2) is 30.5 Å². The molecule has 0 aliphatic rings. The quantitative estimate of drug-likeness (QED) is 0.780. The summed E-state index contributed by atoms with van der Waals surface area (Å²) in [4.78, 5) is 12.1. The molecule has 2 aromatic rings. The van der Waals surface area contributed by atoms with Crippen molar-refractivity contribution < 1.29 is 14.6 Å². The third kappa shape index (κ3) is 3.41. The van der Waals surface area contributed by atoms with Gasteiger partial charge in [0.25, 0.3) is 5.91 Å². The second kappa shape index (κ2) is 6.41. The van der Waals surface area contributed by atoms with Crippen molar-refractivity contribution in [3.63, 3.8) is 0 Å². The number of aliphatic hydroxyl groups is 1. The summed E-state index contributed by atoms with van der Waals surface area (Å²) in [5, 5.41) is 19.6. The topological polar surface area (TPSA) is 87.2 Å². The zero-order chi connectivity index (χ0) is 15.4. The molecule has 6 heteroatoms. The van der Waals surface area contributed by atoms with E-state index in [4.69, 9.17) is 4.74 Å². The molecule has 2 atom stereocenters. The molecule has 0 bridgehead atoms. The Hall–Kier alpha value is -2.34. The predicted molar refractivity (Wildman–Crippen MR) is 78.2 cm³/mol. The summed E-state index contributed by atoms with van der Waals surface area (Å²) in [5.41, 5.74) is 1.88. The molecule has 0 saturated heterocycles. The van der Waals surface area contributed by atoms with Gasteiger partial charge in [0.05, 0.1) is 31.0 Å². The normalized spacial score (nSPS) is 13.5. The van der Waals surface area contributed by atoms with Crippen molar-refractivity contribution in [1.82, 2.24) is 15.5 Å². The molecule has 0 radical (unpaired) electrons. The first-order chi connectivity index (χ1) is 10.0. The first-order valence-electron chi connectivity index (χ1n) is 6.65. The standard InChI is InChI=1S/C15H19N3O3/c1-9-13(8-16-18-9)15(20)17-10(2)14(19)11-4-6-12(21-3)7-5-11/h4-8,10,14,19H,1-3H3,(H,16,18)(H,17,20). The molecule has 21 heavy (non-hydrogen) atoms. The van der Waals surface area contributed by atoms with E-state index in [0.29, 0.717) is 16.8 Å². The van der Waals surface area contributed by atoms with Gasteiger partial charge >= 0.3 is 0 Å². The first kappa shape index (κ1) is 15.1. The molecular formula is C15H19N3O3. The van der Waals surface area contributed by atoms with Crippen LogP contribution in [0.4, 0.5) is 0 Å². The number of amides is 1. The second-order valence-corrected chi connectivity index (χ2v) is 4.89. The highest BCUT2D eigenvalue weighted by Crippen LogP contribution is 2.20. The highest BCUT2D eigenvalue weighted by molar-refractivity contribution is 5.95. The SMILES string of the molecule is COc1ccc(C(O)C(C)NC(=O)c2cn[nH]c2C)cc1. The summed E-state index contributed by atoms with van der Waals surface area (Å²) < 4.78 is 5.07. The van der Waals surface area contributed by atoms with Gasteiger partial charge in [-0.3, -0.25) is 9.89 Å². The van der Waals surface area contributed by atoms with Gasteiger partial charge in [0.1, 0.15) is 5.75 Å². The molecule has 0 aliphatic carbocycles. The summed E-state index contributed by atoms with van der Waals surface area (Å²) in [5.74, 6) is 0.456. The number of nitrogens with zero attached hydrogens (tertiary/aromatic N) is 1. The van der Waals surface area contributed by atoms with Crippen molar-refractivity contribution in [3.8, 4) is 5.75 Å². The number of methoxy groups -OCH3 is 1. The van der Waals surface area contributed by atoms with Crippen LogP contribution >= 0.6 is 0 Å². The third-order valence-corrected chi connectivity index (χ3v) is 3.36. The average molecular weight is 289 g/mol. The maximum absolute atomic E-state index is 12.1. The van der Waals surface area contributed by atoms with Crippen molar-refractivity contribution >= 4 is 5.91 Å². The molecule has 1 aromatic carbocycles. The molecule has 0 saturated carbocycles. The Kier molecular flexibility index (Phi) is 4.59. The number of aromatic nitrogens is 2. The molecule has 1 aromatic heterocycles. The van der Waals surface area contributed by atoms with E-state index in [1.165, 1.54) is 6.20 Å². The number of nitrogens with one attached hydrogen (secondary N) is 2. The molecule has 0 aliphatic heterocycles. The van der Waals surface area contributed by atoms with Crippen LogP contribution in [0, 0.1) is 6.92 Å². The molecule has 6 nitrogen and oxygen atoms in total. The number of carbonyl (C=O) groups is 1. The minimum atomic E-state index is -0.799. The second-order valence-electron chi connectivity index (χ2n) is 4.89. The Labute approximate surface area is 123 Å². The van der Waals surface area contributed by atoms with Gasteiger partial charge in [-0.15, -0.1) is 0 Å². The lowest BCUT2D eigenvalue weighted by atomic mass is 10.0. The number of carbonyl (C=O) groups excluding carboxylic acids is 1. The van der Waals surface area contributed by atoms with E-state index in [1.54, 1.807) is 45.2 Å². The van der Waals surface area contributed by atoms with E-state index in [1.807, 2.05) is 0 Å². The molecule has 0 fully saturated rings. The molecule has 112 valence electrons. The van der Waals surface area contributed by atoms with Crippen molar-refractivity contribution in [1.29, 1.82) is 0 Å². The fraction of sp³-hybridized carbons (Fsp3) is 0.333. The van der Waals surface area contributed by atoms with Crippen LogP contribution in [0.2, 0.25) is 0 Å². The van der Waals surface area contributed by atoms with Crippen molar-refractivity contribution in [3.05, 3.63) is 47.3 Å². The van der Waals surface area contributed by atoms with Crippen LogP contribution in [-0.4, -0.2) is 34.4 Å². The van der Waals surface area contributed by atoms with Crippen molar-refractivity contribution in [2.75, 3.05) is 7.11 Å². The number of ether oxygens (including phenoxy) is 1. The van der Waals surface area contributed by atoms with Crippen molar-refractivity contribution in [2.45, 2.75) is 26.0 Å². The number of hydrogen-bond acceptors (Lipinski definition) is 4. The average Bonchev–Trinajstić information content (AvgIpc) is 2.92. The van der Waals surface area contributed by atoms with Gasteiger partial charge in [-0.05, 0) is 31.5 Å². The maximum Gasteiger partial charge on any atom is 0.255 e. The summed E-state index contributed by atoms with van der Waals surface area (Å²) >= 11 is 0. The first-order valence-corrected chi connectivity index (χ1v) is 6.65. The highest BCUT2D eigenvalue weighted by atomic mass is 16.5. The van der Waals surface area contributed by atoms with E-state index in [-0.39, 0.29) is 5.91 Å². The Balaban J connectivity index is 2.03. The van der Waals surface area contributed by atoms with E-state index in [2.05, 4.69) is 15.5 Å². The number of benzene rings is 1. The van der Waals surface area contributed by atoms with E-state index < -0.39 is 12.1 Å². The predicted octanol–water partition coefficient (Wildman–Crippen LogP) is 1.58. The zero-order valence-electron chi connectivity index (χ0n) is 12.3. The number of aryl methyl sites for hydroxylation is 1. The molecule has 0 spiro atoms. The van der Waals surface area contributed by atoms with E-state index >= 15 is 0 Å². The Bertz CT molecular complexity index is 607. The highest BCUT2D eigenvalue weighted by Gasteiger charge is 2.20. The number of H-pyrrole nitrogens is 1.